The summed E-state index contributed by atoms with van der Waals surface area (Å²) in [7, 11) is 1.66. The summed E-state index contributed by atoms with van der Waals surface area (Å²) in [5.74, 6) is 0.790. The molecule has 2 aromatic rings. The van der Waals surface area contributed by atoms with Gasteiger partial charge in [0.1, 0.15) is 11.3 Å². The van der Waals surface area contributed by atoms with E-state index in [2.05, 4.69) is 22.9 Å². The highest BCUT2D eigenvalue weighted by molar-refractivity contribution is 5.96. The zero-order chi connectivity index (χ0) is 13.4. The Morgan fingerprint density at radius 1 is 1.42 bits per heavy atom. The molecule has 0 aliphatic carbocycles. The molecule has 0 unspecified atom stereocenters. The van der Waals surface area contributed by atoms with E-state index in [1.807, 2.05) is 18.3 Å². The number of methoxy groups -OCH3 is 1. The zero-order valence-electron chi connectivity index (χ0n) is 11.3. The molecular formula is C15H18N2O2. The highest BCUT2D eigenvalue weighted by Gasteiger charge is 2.23. The van der Waals surface area contributed by atoms with Crippen LogP contribution in [0.3, 0.4) is 0 Å². The third-order valence-electron chi connectivity index (χ3n) is 3.71. The number of nitrogens with zero attached hydrogens (tertiary/aromatic N) is 2. The molecule has 4 nitrogen and oxygen atoms in total. The number of pyridine rings is 1. The predicted molar refractivity (Wildman–Crippen MR) is 75.9 cm³/mol. The third kappa shape index (κ3) is 2.02. The van der Waals surface area contributed by atoms with Crippen molar-refractivity contribution >= 4 is 16.6 Å². The highest BCUT2D eigenvalue weighted by Crippen LogP contribution is 2.35. The Kier molecular flexibility index (Phi) is 3.03. The monoisotopic (exact) mass is 258 g/mol. The normalized spacial score (nSPS) is 19.1. The number of aliphatic hydroxyl groups excluding tert-OH is 1. The van der Waals surface area contributed by atoms with Crippen molar-refractivity contribution in [2.75, 3.05) is 25.1 Å². The minimum atomic E-state index is -0.228. The minimum Gasteiger partial charge on any atom is -0.494 e. The van der Waals surface area contributed by atoms with Gasteiger partial charge in [-0.2, -0.15) is 0 Å². The SMILES string of the molecule is COc1cccc2c(N3CC[C@H](O)C3)c(C)cnc12. The van der Waals surface area contributed by atoms with Gasteiger partial charge in [0.15, 0.2) is 0 Å². The summed E-state index contributed by atoms with van der Waals surface area (Å²) < 4.78 is 5.38. The Labute approximate surface area is 112 Å². The molecule has 0 radical (unpaired) electrons. The number of benzene rings is 1. The summed E-state index contributed by atoms with van der Waals surface area (Å²) in [6.07, 6.45) is 2.48. The van der Waals surface area contributed by atoms with Crippen molar-refractivity contribution in [2.45, 2.75) is 19.4 Å². The van der Waals surface area contributed by atoms with Crippen LogP contribution < -0.4 is 9.64 Å². The van der Waals surface area contributed by atoms with Gasteiger partial charge in [-0.05, 0) is 25.0 Å². The summed E-state index contributed by atoms with van der Waals surface area (Å²) in [6, 6.07) is 5.98. The fraction of sp³-hybridized carbons (Fsp3) is 0.400. The first kappa shape index (κ1) is 12.2. The van der Waals surface area contributed by atoms with E-state index in [0.717, 1.165) is 35.2 Å². The summed E-state index contributed by atoms with van der Waals surface area (Å²) in [4.78, 5) is 6.73. The second-order valence-electron chi connectivity index (χ2n) is 5.03. The Morgan fingerprint density at radius 3 is 2.95 bits per heavy atom. The van der Waals surface area contributed by atoms with Crippen molar-refractivity contribution in [2.24, 2.45) is 0 Å². The van der Waals surface area contributed by atoms with Crippen LogP contribution >= 0.6 is 0 Å². The Morgan fingerprint density at radius 2 is 2.26 bits per heavy atom. The number of β-amino-alcohol motifs (C(OH)–C–C–N with tert-alkyl or cyclic N) is 1. The van der Waals surface area contributed by atoms with Gasteiger partial charge in [-0.1, -0.05) is 12.1 Å². The van der Waals surface area contributed by atoms with E-state index in [0.29, 0.717) is 6.54 Å². The number of ether oxygens (including phenoxy) is 1. The van der Waals surface area contributed by atoms with Crippen molar-refractivity contribution in [1.29, 1.82) is 0 Å². The first-order valence-corrected chi connectivity index (χ1v) is 6.56. The Balaban J connectivity index is 2.19. The second kappa shape index (κ2) is 4.70. The van der Waals surface area contributed by atoms with Crippen LogP contribution in [0.1, 0.15) is 12.0 Å². The lowest BCUT2D eigenvalue weighted by atomic mass is 10.1. The molecule has 1 saturated heterocycles. The number of fused-ring (bicyclic) bond motifs is 1. The average Bonchev–Trinajstić information content (AvgIpc) is 2.84. The standard InChI is InChI=1S/C15H18N2O2/c1-10-8-16-14-12(4-3-5-13(14)19-2)15(10)17-7-6-11(18)9-17/h3-5,8,11,18H,6-7,9H2,1-2H3/t11-/m0/s1. The van der Waals surface area contributed by atoms with Gasteiger partial charge in [0.05, 0.1) is 18.9 Å². The van der Waals surface area contributed by atoms with Gasteiger partial charge < -0.3 is 14.7 Å². The lowest BCUT2D eigenvalue weighted by Gasteiger charge is -2.22. The summed E-state index contributed by atoms with van der Waals surface area (Å²) in [5, 5.41) is 10.8. The predicted octanol–water partition coefficient (Wildman–Crippen LogP) is 2.12. The maximum atomic E-state index is 9.74. The van der Waals surface area contributed by atoms with Crippen LogP contribution in [0, 0.1) is 6.92 Å². The maximum Gasteiger partial charge on any atom is 0.145 e. The molecule has 1 aromatic carbocycles. The molecule has 1 aliphatic rings. The van der Waals surface area contributed by atoms with Crippen LogP contribution in [0.15, 0.2) is 24.4 Å². The van der Waals surface area contributed by atoms with E-state index >= 15 is 0 Å². The van der Waals surface area contributed by atoms with Gasteiger partial charge in [-0.15, -0.1) is 0 Å². The summed E-state index contributed by atoms with van der Waals surface area (Å²) in [6.45, 7) is 3.64. The van der Waals surface area contributed by atoms with Crippen LogP contribution in [-0.4, -0.2) is 36.4 Å². The molecule has 0 bridgehead atoms. The zero-order valence-corrected chi connectivity index (χ0v) is 11.3. The first-order valence-electron chi connectivity index (χ1n) is 6.56. The molecule has 4 heteroatoms. The molecule has 19 heavy (non-hydrogen) atoms. The summed E-state index contributed by atoms with van der Waals surface area (Å²) in [5.41, 5.74) is 3.18. The molecular weight excluding hydrogens is 240 g/mol. The second-order valence-corrected chi connectivity index (χ2v) is 5.03. The number of aliphatic hydroxyl groups is 1. The van der Waals surface area contributed by atoms with Crippen molar-refractivity contribution < 1.29 is 9.84 Å². The maximum absolute atomic E-state index is 9.74. The quantitative estimate of drug-likeness (QED) is 0.896. The number of rotatable bonds is 2. The fourth-order valence-electron chi connectivity index (χ4n) is 2.81. The lowest BCUT2D eigenvalue weighted by molar-refractivity contribution is 0.198. The number of hydrogen-bond acceptors (Lipinski definition) is 4. The number of aromatic nitrogens is 1. The topological polar surface area (TPSA) is 45.6 Å². The van der Waals surface area contributed by atoms with Crippen molar-refractivity contribution in [3.8, 4) is 5.75 Å². The number of para-hydroxylation sites is 1. The van der Waals surface area contributed by atoms with Crippen LogP contribution in [0.25, 0.3) is 10.9 Å². The third-order valence-corrected chi connectivity index (χ3v) is 3.71. The molecule has 1 atom stereocenters. The van der Waals surface area contributed by atoms with Crippen molar-refractivity contribution in [1.82, 2.24) is 4.98 Å². The molecule has 3 rings (SSSR count). The largest absolute Gasteiger partial charge is 0.494 e. The molecule has 1 aliphatic heterocycles. The number of hydrogen-bond donors (Lipinski definition) is 1. The molecule has 1 aromatic heterocycles. The average molecular weight is 258 g/mol. The van der Waals surface area contributed by atoms with Gasteiger partial charge in [0, 0.05) is 24.7 Å². The Hall–Kier alpha value is -1.81. The van der Waals surface area contributed by atoms with E-state index in [4.69, 9.17) is 4.74 Å². The van der Waals surface area contributed by atoms with Gasteiger partial charge >= 0.3 is 0 Å². The van der Waals surface area contributed by atoms with E-state index < -0.39 is 0 Å². The lowest BCUT2D eigenvalue weighted by Crippen LogP contribution is -2.22. The smallest absolute Gasteiger partial charge is 0.145 e. The Bertz CT molecular complexity index is 612. The van der Waals surface area contributed by atoms with Crippen molar-refractivity contribution in [3.63, 3.8) is 0 Å². The van der Waals surface area contributed by atoms with Crippen molar-refractivity contribution in [3.05, 3.63) is 30.0 Å². The van der Waals surface area contributed by atoms with Crippen LogP contribution in [0.2, 0.25) is 0 Å². The van der Waals surface area contributed by atoms with Crippen LogP contribution in [-0.2, 0) is 0 Å². The van der Waals surface area contributed by atoms with E-state index in [9.17, 15) is 5.11 Å². The molecule has 1 N–H and O–H groups in total. The van der Waals surface area contributed by atoms with Gasteiger partial charge in [0.2, 0.25) is 0 Å². The summed E-state index contributed by atoms with van der Waals surface area (Å²) >= 11 is 0. The minimum absolute atomic E-state index is 0.228. The van der Waals surface area contributed by atoms with Gasteiger partial charge in [-0.3, -0.25) is 4.98 Å². The molecule has 0 saturated carbocycles. The van der Waals surface area contributed by atoms with E-state index in [-0.39, 0.29) is 6.10 Å². The number of aryl methyl sites for hydroxylation is 1. The fourth-order valence-corrected chi connectivity index (χ4v) is 2.81. The number of anilines is 1. The van der Waals surface area contributed by atoms with E-state index in [1.165, 1.54) is 5.69 Å². The van der Waals surface area contributed by atoms with Gasteiger partial charge in [0.25, 0.3) is 0 Å². The van der Waals surface area contributed by atoms with Crippen LogP contribution in [0.5, 0.6) is 5.75 Å². The van der Waals surface area contributed by atoms with Gasteiger partial charge in [-0.25, -0.2) is 0 Å². The molecule has 0 amide bonds. The molecule has 2 heterocycles. The molecule has 100 valence electrons. The van der Waals surface area contributed by atoms with E-state index in [1.54, 1.807) is 7.11 Å². The molecule has 0 spiro atoms. The highest BCUT2D eigenvalue weighted by atomic mass is 16.5. The first-order chi connectivity index (χ1) is 9.20. The van der Waals surface area contributed by atoms with Crippen LogP contribution in [0.4, 0.5) is 5.69 Å². The molecule has 1 fully saturated rings.